The molecule has 0 aromatic rings. The van der Waals surface area contributed by atoms with Crippen LogP contribution in [0.25, 0.3) is 0 Å². The zero-order valence-corrected chi connectivity index (χ0v) is 8.57. The average molecular weight is 154 g/mol. The van der Waals surface area contributed by atoms with Gasteiger partial charge in [0, 0.05) is 8.07 Å². The van der Waals surface area contributed by atoms with E-state index in [2.05, 4.69) is 38.4 Å². The lowest BCUT2D eigenvalue weighted by atomic mass is 10.3. The van der Waals surface area contributed by atoms with E-state index < -0.39 is 8.07 Å². The lowest BCUT2D eigenvalue weighted by Gasteiger charge is -2.11. The molecular formula is C9H18Si. The van der Waals surface area contributed by atoms with Crippen LogP contribution in [0.4, 0.5) is 0 Å². The van der Waals surface area contributed by atoms with Gasteiger partial charge in [-0.25, -0.2) is 0 Å². The van der Waals surface area contributed by atoms with Crippen molar-refractivity contribution in [2.45, 2.75) is 32.6 Å². The van der Waals surface area contributed by atoms with Crippen LogP contribution in [0.15, 0.2) is 24.3 Å². The fourth-order valence-electron chi connectivity index (χ4n) is 0.614. The molecule has 10 heavy (non-hydrogen) atoms. The van der Waals surface area contributed by atoms with Gasteiger partial charge in [0.1, 0.15) is 0 Å². The number of hydrogen-bond donors (Lipinski definition) is 0. The largest absolute Gasteiger partial charge is 0.0961 e. The smallest absolute Gasteiger partial charge is 0.0480 e. The quantitative estimate of drug-likeness (QED) is 0.431. The molecule has 0 aliphatic carbocycles. The number of rotatable bonds is 3. The Labute approximate surface area is 65.7 Å². The van der Waals surface area contributed by atoms with Crippen molar-refractivity contribution in [3.63, 3.8) is 0 Å². The molecule has 0 heterocycles. The summed E-state index contributed by atoms with van der Waals surface area (Å²) in [6, 6.07) is 1.26. The molecule has 0 radical (unpaired) electrons. The normalized spacial score (nSPS) is 12.4. The van der Waals surface area contributed by atoms with Crippen molar-refractivity contribution in [3.05, 3.63) is 24.3 Å². The van der Waals surface area contributed by atoms with Crippen molar-refractivity contribution in [2.24, 2.45) is 0 Å². The highest BCUT2D eigenvalue weighted by molar-refractivity contribution is 6.76. The van der Waals surface area contributed by atoms with Crippen LogP contribution in [0.5, 0.6) is 0 Å². The highest BCUT2D eigenvalue weighted by Crippen LogP contribution is 2.08. The molecule has 0 aromatic heterocycles. The van der Waals surface area contributed by atoms with E-state index >= 15 is 0 Å². The van der Waals surface area contributed by atoms with Crippen LogP contribution in [-0.2, 0) is 0 Å². The first kappa shape index (κ1) is 9.70. The molecule has 0 saturated carbocycles. The summed E-state index contributed by atoms with van der Waals surface area (Å²) in [7, 11) is -0.852. The Bertz CT molecular complexity index is 137. The molecule has 1 heteroatoms. The Morgan fingerprint density at radius 2 is 1.90 bits per heavy atom. The predicted molar refractivity (Wildman–Crippen MR) is 52.1 cm³/mol. The van der Waals surface area contributed by atoms with Crippen molar-refractivity contribution < 1.29 is 0 Å². The molecule has 0 unspecified atom stereocenters. The molecule has 0 saturated heterocycles. The monoisotopic (exact) mass is 154 g/mol. The summed E-state index contributed by atoms with van der Waals surface area (Å²) in [5, 5.41) is 0. The fourth-order valence-corrected chi connectivity index (χ4v) is 1.44. The first-order valence-electron chi connectivity index (χ1n) is 3.74. The van der Waals surface area contributed by atoms with Crippen molar-refractivity contribution >= 4 is 8.07 Å². The summed E-state index contributed by atoms with van der Waals surface area (Å²) >= 11 is 0. The van der Waals surface area contributed by atoms with Gasteiger partial charge in [0.05, 0.1) is 0 Å². The summed E-state index contributed by atoms with van der Waals surface area (Å²) in [5.74, 6) is 0. The zero-order chi connectivity index (χ0) is 8.20. The van der Waals surface area contributed by atoms with Crippen molar-refractivity contribution in [2.75, 3.05) is 0 Å². The molecule has 0 aromatic carbocycles. The topological polar surface area (TPSA) is 0 Å². The van der Waals surface area contributed by atoms with Gasteiger partial charge in [-0.15, -0.1) is 0 Å². The van der Waals surface area contributed by atoms with E-state index in [1.807, 2.05) is 6.92 Å². The standard InChI is InChI=1S/C9H18Si/c1-9(2)7-6-8-10(3,4)5/h6-7H,1,8H2,2-5H3/b7-6-. The van der Waals surface area contributed by atoms with Crippen molar-refractivity contribution in [3.8, 4) is 0 Å². The Kier molecular flexibility index (Phi) is 3.65. The zero-order valence-electron chi connectivity index (χ0n) is 7.57. The fraction of sp³-hybridized carbons (Fsp3) is 0.556. The first-order valence-corrected chi connectivity index (χ1v) is 7.44. The van der Waals surface area contributed by atoms with Crippen LogP contribution in [0.1, 0.15) is 6.92 Å². The van der Waals surface area contributed by atoms with E-state index in [4.69, 9.17) is 0 Å². The first-order chi connectivity index (χ1) is 4.42. The van der Waals surface area contributed by atoms with Crippen LogP contribution >= 0.6 is 0 Å². The molecule has 0 atom stereocenters. The van der Waals surface area contributed by atoms with Gasteiger partial charge in [-0.2, -0.15) is 0 Å². The molecule has 0 bridgehead atoms. The molecule has 0 N–H and O–H groups in total. The van der Waals surface area contributed by atoms with Gasteiger partial charge in [-0.1, -0.05) is 43.9 Å². The number of allylic oxidation sites excluding steroid dienone is 3. The van der Waals surface area contributed by atoms with Crippen LogP contribution in [0.2, 0.25) is 25.7 Å². The minimum atomic E-state index is -0.852. The van der Waals surface area contributed by atoms with E-state index in [1.165, 1.54) is 6.04 Å². The third-order valence-electron chi connectivity index (χ3n) is 1.13. The SMILES string of the molecule is C=C(C)/C=C\C[Si](C)(C)C. The molecule has 0 amide bonds. The van der Waals surface area contributed by atoms with Gasteiger partial charge in [-0.3, -0.25) is 0 Å². The molecule has 0 rings (SSSR count). The molecule has 0 aliphatic heterocycles. The van der Waals surface area contributed by atoms with Crippen LogP contribution in [-0.4, -0.2) is 8.07 Å². The third-order valence-corrected chi connectivity index (χ3v) is 2.59. The highest BCUT2D eigenvalue weighted by atomic mass is 28.3. The molecule has 0 aliphatic rings. The average Bonchev–Trinajstić information content (AvgIpc) is 1.59. The Hall–Kier alpha value is -0.303. The van der Waals surface area contributed by atoms with Crippen LogP contribution in [0, 0.1) is 0 Å². The summed E-state index contributed by atoms with van der Waals surface area (Å²) in [6.07, 6.45) is 4.35. The van der Waals surface area contributed by atoms with Gasteiger partial charge in [0.15, 0.2) is 0 Å². The van der Waals surface area contributed by atoms with E-state index in [0.29, 0.717) is 0 Å². The Morgan fingerprint density at radius 3 is 2.20 bits per heavy atom. The minimum Gasteiger partial charge on any atom is -0.0961 e. The van der Waals surface area contributed by atoms with E-state index in [1.54, 1.807) is 0 Å². The lowest BCUT2D eigenvalue weighted by Crippen LogP contribution is -2.17. The lowest BCUT2D eigenvalue weighted by molar-refractivity contribution is 1.47. The molecule has 58 valence electrons. The van der Waals surface area contributed by atoms with Gasteiger partial charge in [0.2, 0.25) is 0 Å². The molecule has 0 nitrogen and oxygen atoms in total. The Balaban J connectivity index is 3.64. The van der Waals surface area contributed by atoms with Crippen LogP contribution in [0.3, 0.4) is 0 Å². The van der Waals surface area contributed by atoms with E-state index in [-0.39, 0.29) is 0 Å². The van der Waals surface area contributed by atoms with Gasteiger partial charge in [0.25, 0.3) is 0 Å². The summed E-state index contributed by atoms with van der Waals surface area (Å²) in [6.45, 7) is 12.9. The summed E-state index contributed by atoms with van der Waals surface area (Å²) in [5.41, 5.74) is 1.15. The Morgan fingerprint density at radius 1 is 1.40 bits per heavy atom. The van der Waals surface area contributed by atoms with Gasteiger partial charge < -0.3 is 0 Å². The third kappa shape index (κ3) is 7.70. The van der Waals surface area contributed by atoms with Gasteiger partial charge >= 0.3 is 0 Å². The summed E-state index contributed by atoms with van der Waals surface area (Å²) in [4.78, 5) is 0. The highest BCUT2D eigenvalue weighted by Gasteiger charge is 2.08. The summed E-state index contributed by atoms with van der Waals surface area (Å²) < 4.78 is 0. The maximum Gasteiger partial charge on any atom is 0.0480 e. The molecule has 0 spiro atoms. The molecular weight excluding hydrogens is 136 g/mol. The second-order valence-electron chi connectivity index (χ2n) is 4.01. The van der Waals surface area contributed by atoms with E-state index in [9.17, 15) is 0 Å². The second kappa shape index (κ2) is 3.77. The minimum absolute atomic E-state index is 0.852. The van der Waals surface area contributed by atoms with Crippen molar-refractivity contribution in [1.29, 1.82) is 0 Å². The van der Waals surface area contributed by atoms with Crippen molar-refractivity contribution in [1.82, 2.24) is 0 Å². The maximum atomic E-state index is 3.80. The number of hydrogen-bond acceptors (Lipinski definition) is 0. The van der Waals surface area contributed by atoms with Crippen LogP contribution < -0.4 is 0 Å². The van der Waals surface area contributed by atoms with Gasteiger partial charge in [-0.05, 0) is 13.0 Å². The molecule has 0 fully saturated rings. The second-order valence-corrected chi connectivity index (χ2v) is 9.54. The predicted octanol–water partition coefficient (Wildman–Crippen LogP) is 3.46. The maximum absolute atomic E-state index is 3.80. The van der Waals surface area contributed by atoms with E-state index in [0.717, 1.165) is 5.57 Å².